The van der Waals surface area contributed by atoms with Gasteiger partial charge in [-0.3, -0.25) is 9.69 Å². The number of hydrogen-bond donors (Lipinski definition) is 1. The van der Waals surface area contributed by atoms with E-state index < -0.39 is 0 Å². The topological polar surface area (TPSA) is 45.5 Å². The maximum absolute atomic E-state index is 13.8. The van der Waals surface area contributed by atoms with Crippen molar-refractivity contribution >= 4 is 11.6 Å². The van der Waals surface area contributed by atoms with Crippen molar-refractivity contribution in [2.75, 3.05) is 0 Å². The van der Waals surface area contributed by atoms with Gasteiger partial charge in [0.15, 0.2) is 0 Å². The summed E-state index contributed by atoms with van der Waals surface area (Å²) >= 11 is 0. The summed E-state index contributed by atoms with van der Waals surface area (Å²) in [4.78, 5) is 15.6. The van der Waals surface area contributed by atoms with Crippen LogP contribution in [0.2, 0.25) is 0 Å². The average molecular weight is 425 g/mol. The highest BCUT2D eigenvalue weighted by Gasteiger charge is 2.34. The number of carbonyl (C=O) groups is 1. The minimum absolute atomic E-state index is 0. The Kier molecular flexibility index (Phi) is 5.51. The molecule has 1 aromatic heterocycles. The monoisotopic (exact) mass is 424 g/mol. The number of rotatable bonds is 6. The Balaban J connectivity index is 0.00000259. The van der Waals surface area contributed by atoms with Gasteiger partial charge in [-0.25, -0.2) is 0 Å². The molecule has 0 atom stereocenters. The number of allylic oxidation sites excluding steroid dienone is 2. The van der Waals surface area contributed by atoms with Crippen LogP contribution in [0.5, 0.6) is 0 Å². The molecule has 5 rings (SSSR count). The molecular formula is C28H28N2O2. The van der Waals surface area contributed by atoms with Crippen LogP contribution in [0.3, 0.4) is 0 Å². The lowest BCUT2D eigenvalue weighted by Crippen LogP contribution is -2.39. The van der Waals surface area contributed by atoms with Gasteiger partial charge in [0, 0.05) is 43.9 Å². The Morgan fingerprint density at radius 1 is 0.969 bits per heavy atom. The number of nitrogens with one attached hydrogen (secondary N) is 1. The molecular weight excluding hydrogens is 396 g/mol. The van der Waals surface area contributed by atoms with E-state index in [2.05, 4.69) is 48.6 Å². The molecule has 2 aliphatic heterocycles. The average Bonchev–Trinajstić information content (AvgIpc) is 3.35. The molecule has 0 unspecified atom stereocenters. The lowest BCUT2D eigenvalue weighted by Gasteiger charge is -2.37. The largest absolute Gasteiger partial charge is 0.469 e. The Morgan fingerprint density at radius 3 is 2.41 bits per heavy atom. The molecule has 2 aliphatic rings. The van der Waals surface area contributed by atoms with E-state index in [0.29, 0.717) is 6.42 Å². The number of carbonyl (C=O) groups excluding carboxylic acids is 1. The van der Waals surface area contributed by atoms with E-state index in [0.717, 1.165) is 53.3 Å². The quantitative estimate of drug-likeness (QED) is 0.523. The van der Waals surface area contributed by atoms with Crippen molar-refractivity contribution in [1.82, 2.24) is 10.2 Å². The van der Waals surface area contributed by atoms with Crippen molar-refractivity contribution in [2.45, 2.75) is 32.6 Å². The maximum atomic E-state index is 13.8. The normalized spacial score (nSPS) is 16.1. The number of benzene rings is 2. The van der Waals surface area contributed by atoms with Crippen LogP contribution >= 0.6 is 0 Å². The van der Waals surface area contributed by atoms with Crippen LogP contribution in [0, 0.1) is 0 Å². The van der Waals surface area contributed by atoms with E-state index in [1.165, 1.54) is 11.1 Å². The molecule has 162 valence electrons. The van der Waals surface area contributed by atoms with Crippen molar-refractivity contribution in [2.24, 2.45) is 0 Å². The lowest BCUT2D eigenvalue weighted by molar-refractivity contribution is -0.124. The minimum atomic E-state index is 0. The fourth-order valence-electron chi connectivity index (χ4n) is 4.43. The number of amides is 1. The molecule has 3 heterocycles. The predicted molar refractivity (Wildman–Crippen MR) is 128 cm³/mol. The first-order valence-corrected chi connectivity index (χ1v) is 11.1. The van der Waals surface area contributed by atoms with E-state index >= 15 is 0 Å². The second kappa shape index (κ2) is 8.75. The molecule has 4 heteroatoms. The van der Waals surface area contributed by atoms with Crippen molar-refractivity contribution in [3.63, 3.8) is 0 Å². The second-order valence-electron chi connectivity index (χ2n) is 8.17. The smallest absolute Gasteiger partial charge is 0.258 e. The minimum Gasteiger partial charge on any atom is -0.469 e. The third kappa shape index (κ3) is 3.92. The third-order valence-corrected chi connectivity index (χ3v) is 6.13. The molecule has 1 N–H and O–H groups in total. The van der Waals surface area contributed by atoms with Crippen LogP contribution < -0.4 is 5.32 Å². The van der Waals surface area contributed by atoms with Gasteiger partial charge in [0.25, 0.3) is 5.91 Å². The van der Waals surface area contributed by atoms with Gasteiger partial charge < -0.3 is 9.73 Å². The molecule has 0 saturated heterocycles. The summed E-state index contributed by atoms with van der Waals surface area (Å²) < 4.78 is 5.56. The van der Waals surface area contributed by atoms with Crippen LogP contribution in [0.25, 0.3) is 5.70 Å². The second-order valence-corrected chi connectivity index (χ2v) is 8.17. The van der Waals surface area contributed by atoms with Crippen LogP contribution in [0.1, 0.15) is 38.1 Å². The summed E-state index contributed by atoms with van der Waals surface area (Å²) in [6, 6.07) is 24.4. The summed E-state index contributed by atoms with van der Waals surface area (Å²) in [5, 5.41) is 3.65. The molecule has 0 bridgehead atoms. The number of furan rings is 1. The number of fused-ring (bicyclic) bond motifs is 1. The van der Waals surface area contributed by atoms with Gasteiger partial charge in [0.2, 0.25) is 0 Å². The van der Waals surface area contributed by atoms with Crippen molar-refractivity contribution in [3.8, 4) is 0 Å². The number of nitrogens with zero attached hydrogens (tertiary/aromatic N) is 1. The molecule has 0 aliphatic carbocycles. The molecule has 0 fully saturated rings. The van der Waals surface area contributed by atoms with Crippen molar-refractivity contribution in [1.29, 1.82) is 0 Å². The molecule has 0 saturated carbocycles. The molecule has 1 amide bonds. The van der Waals surface area contributed by atoms with E-state index in [-0.39, 0.29) is 7.33 Å². The highest BCUT2D eigenvalue weighted by molar-refractivity contribution is 5.99. The first kappa shape index (κ1) is 20.1. The molecule has 2 aromatic carbocycles. The van der Waals surface area contributed by atoms with Crippen LogP contribution in [0.15, 0.2) is 112 Å². The molecule has 0 spiro atoms. The highest BCUT2D eigenvalue weighted by Crippen LogP contribution is 2.37. The lowest BCUT2D eigenvalue weighted by atomic mass is 9.89. The zero-order valence-corrected chi connectivity index (χ0v) is 18.2. The molecule has 32 heavy (non-hydrogen) atoms. The molecule has 4 nitrogen and oxygen atoms in total. The van der Waals surface area contributed by atoms with E-state index in [1.54, 1.807) is 6.26 Å². The van der Waals surface area contributed by atoms with Crippen LogP contribution in [-0.2, 0) is 17.6 Å². The standard InChI is InChI=1S/C28H26N2O2.H2/c1-2-21-17-27-25(16-20-10-5-3-6-11-20)29-26(22-12-7-4-8-13-22)19-30(27)28(31)24(21)18-23-14-9-15-32-23;/h3-15,19,29H,2,16-18H2,1H3;1H. The first-order chi connectivity index (χ1) is 15.7. The highest BCUT2D eigenvalue weighted by atomic mass is 16.3. The summed E-state index contributed by atoms with van der Waals surface area (Å²) in [5.74, 6) is 0.860. The predicted octanol–water partition coefficient (Wildman–Crippen LogP) is 6.06. The first-order valence-electron chi connectivity index (χ1n) is 11.1. The zero-order valence-electron chi connectivity index (χ0n) is 18.2. The van der Waals surface area contributed by atoms with Crippen molar-refractivity contribution in [3.05, 3.63) is 125 Å². The van der Waals surface area contributed by atoms with Gasteiger partial charge in [0.05, 0.1) is 12.0 Å². The molecule has 3 aromatic rings. The Bertz CT molecular complexity index is 1210. The fraction of sp³-hybridized carbons (Fsp3) is 0.179. The molecule has 0 radical (unpaired) electrons. The van der Waals surface area contributed by atoms with Crippen molar-refractivity contribution < 1.29 is 10.6 Å². The Hall–Kier alpha value is -3.79. The van der Waals surface area contributed by atoms with Gasteiger partial charge in [-0.1, -0.05) is 73.2 Å². The van der Waals surface area contributed by atoms with Gasteiger partial charge in [0.1, 0.15) is 5.76 Å². The zero-order chi connectivity index (χ0) is 21.9. The van der Waals surface area contributed by atoms with Gasteiger partial charge in [-0.15, -0.1) is 0 Å². The van der Waals surface area contributed by atoms with Crippen LogP contribution in [-0.4, -0.2) is 10.8 Å². The Morgan fingerprint density at radius 2 is 1.72 bits per heavy atom. The Labute approximate surface area is 190 Å². The van der Waals surface area contributed by atoms with Gasteiger partial charge in [-0.2, -0.15) is 0 Å². The summed E-state index contributed by atoms with van der Waals surface area (Å²) in [5.41, 5.74) is 7.35. The summed E-state index contributed by atoms with van der Waals surface area (Å²) in [7, 11) is 0. The maximum Gasteiger partial charge on any atom is 0.258 e. The SMILES string of the molecule is CCC1=C(Cc2ccco2)C(=O)N2C=C(c3ccccc3)NC(Cc3ccccc3)=C2C1.[HH]. The van der Waals surface area contributed by atoms with E-state index in [9.17, 15) is 4.79 Å². The number of hydrogen-bond acceptors (Lipinski definition) is 3. The third-order valence-electron chi connectivity index (χ3n) is 6.13. The van der Waals surface area contributed by atoms with E-state index in [4.69, 9.17) is 4.42 Å². The van der Waals surface area contributed by atoms with Gasteiger partial charge >= 0.3 is 0 Å². The fourth-order valence-corrected chi connectivity index (χ4v) is 4.43. The summed E-state index contributed by atoms with van der Waals surface area (Å²) in [6.07, 6.45) is 6.48. The van der Waals surface area contributed by atoms with Gasteiger partial charge in [-0.05, 0) is 29.7 Å². The van der Waals surface area contributed by atoms with Crippen LogP contribution in [0.4, 0.5) is 0 Å². The van der Waals surface area contributed by atoms with E-state index in [1.807, 2.05) is 47.5 Å². The summed E-state index contributed by atoms with van der Waals surface area (Å²) in [6.45, 7) is 2.12.